The van der Waals surface area contributed by atoms with Gasteiger partial charge in [-0.3, -0.25) is 4.98 Å². The molecule has 0 aliphatic rings. The third-order valence-corrected chi connectivity index (χ3v) is 3.64. The number of nitrogens with zero attached hydrogens (tertiary/aromatic N) is 1. The molecule has 0 fully saturated rings. The molecule has 0 saturated carbocycles. The number of aryl methyl sites for hydroxylation is 1. The molecule has 0 spiro atoms. The molecule has 0 bridgehead atoms. The van der Waals surface area contributed by atoms with Gasteiger partial charge in [0.2, 0.25) is 0 Å². The van der Waals surface area contributed by atoms with E-state index in [0.29, 0.717) is 13.2 Å². The number of rotatable bonds is 6. The Bertz CT molecular complexity index is 517. The van der Waals surface area contributed by atoms with E-state index < -0.39 is 0 Å². The minimum Gasteiger partial charge on any atom is -0.493 e. The van der Waals surface area contributed by atoms with Crippen LogP contribution in [0.25, 0.3) is 0 Å². The van der Waals surface area contributed by atoms with Crippen molar-refractivity contribution in [2.24, 2.45) is 5.73 Å². The summed E-state index contributed by atoms with van der Waals surface area (Å²) in [5, 5.41) is 0. The van der Waals surface area contributed by atoms with E-state index in [1.165, 1.54) is 5.56 Å². The fraction of sp³-hybridized carbons (Fsp3) is 0.267. The summed E-state index contributed by atoms with van der Waals surface area (Å²) in [7, 11) is 0. The van der Waals surface area contributed by atoms with Gasteiger partial charge in [0, 0.05) is 29.0 Å². The Kier molecular flexibility index (Phi) is 5.36. The van der Waals surface area contributed by atoms with E-state index in [9.17, 15) is 0 Å². The zero-order chi connectivity index (χ0) is 13.5. The van der Waals surface area contributed by atoms with E-state index in [-0.39, 0.29) is 0 Å². The van der Waals surface area contributed by atoms with Crippen molar-refractivity contribution in [3.63, 3.8) is 0 Å². The maximum Gasteiger partial charge on any atom is 0.124 e. The molecular formula is C15H17BrN2O. The summed E-state index contributed by atoms with van der Waals surface area (Å²) >= 11 is 3.49. The SMILES string of the molecule is NCc1c(Br)cccc1OCCCc1ccncc1. The summed E-state index contributed by atoms with van der Waals surface area (Å²) in [6, 6.07) is 9.96. The number of ether oxygens (including phenoxy) is 1. The first-order valence-electron chi connectivity index (χ1n) is 6.30. The quantitative estimate of drug-likeness (QED) is 0.831. The van der Waals surface area contributed by atoms with Crippen molar-refractivity contribution in [2.75, 3.05) is 6.61 Å². The molecule has 0 unspecified atom stereocenters. The van der Waals surface area contributed by atoms with Crippen LogP contribution in [0.2, 0.25) is 0 Å². The highest BCUT2D eigenvalue weighted by atomic mass is 79.9. The van der Waals surface area contributed by atoms with E-state index in [2.05, 4.69) is 20.9 Å². The lowest BCUT2D eigenvalue weighted by molar-refractivity contribution is 0.307. The summed E-state index contributed by atoms with van der Waals surface area (Å²) in [6.45, 7) is 1.16. The molecule has 1 aromatic carbocycles. The van der Waals surface area contributed by atoms with Crippen LogP contribution in [-0.2, 0) is 13.0 Å². The zero-order valence-electron chi connectivity index (χ0n) is 10.7. The average molecular weight is 321 g/mol. The van der Waals surface area contributed by atoms with E-state index in [0.717, 1.165) is 28.6 Å². The molecule has 3 nitrogen and oxygen atoms in total. The third-order valence-electron chi connectivity index (χ3n) is 2.90. The molecule has 1 aromatic heterocycles. The van der Waals surface area contributed by atoms with Crippen LogP contribution in [0.3, 0.4) is 0 Å². The van der Waals surface area contributed by atoms with Crippen LogP contribution in [0.15, 0.2) is 47.2 Å². The first kappa shape index (κ1) is 14.0. The molecular weight excluding hydrogens is 304 g/mol. The Labute approximate surface area is 121 Å². The Morgan fingerprint density at radius 1 is 1.16 bits per heavy atom. The largest absolute Gasteiger partial charge is 0.493 e. The highest BCUT2D eigenvalue weighted by Gasteiger charge is 2.05. The number of halogens is 1. The van der Waals surface area contributed by atoms with Gasteiger partial charge in [0.1, 0.15) is 5.75 Å². The lowest BCUT2D eigenvalue weighted by Gasteiger charge is -2.11. The first-order chi connectivity index (χ1) is 9.31. The minimum atomic E-state index is 0.473. The Morgan fingerprint density at radius 2 is 1.95 bits per heavy atom. The maximum absolute atomic E-state index is 5.80. The van der Waals surface area contributed by atoms with Crippen molar-refractivity contribution in [2.45, 2.75) is 19.4 Å². The second-order valence-electron chi connectivity index (χ2n) is 4.23. The molecule has 0 radical (unpaired) electrons. The number of aromatic nitrogens is 1. The van der Waals surface area contributed by atoms with Gasteiger partial charge in [-0.1, -0.05) is 22.0 Å². The molecule has 0 aliphatic carbocycles. The molecule has 0 saturated heterocycles. The lowest BCUT2D eigenvalue weighted by Crippen LogP contribution is -2.05. The van der Waals surface area contributed by atoms with Crippen LogP contribution in [0.5, 0.6) is 5.75 Å². The van der Waals surface area contributed by atoms with Crippen LogP contribution in [-0.4, -0.2) is 11.6 Å². The highest BCUT2D eigenvalue weighted by Crippen LogP contribution is 2.26. The van der Waals surface area contributed by atoms with Gasteiger partial charge >= 0.3 is 0 Å². The Morgan fingerprint density at radius 3 is 2.68 bits per heavy atom. The van der Waals surface area contributed by atoms with Crippen molar-refractivity contribution >= 4 is 15.9 Å². The average Bonchev–Trinajstić information content (AvgIpc) is 2.45. The van der Waals surface area contributed by atoms with Crippen LogP contribution in [0.1, 0.15) is 17.5 Å². The topological polar surface area (TPSA) is 48.1 Å². The fourth-order valence-corrected chi connectivity index (χ4v) is 2.39. The maximum atomic E-state index is 5.80. The summed E-state index contributed by atoms with van der Waals surface area (Å²) in [5.74, 6) is 0.867. The summed E-state index contributed by atoms with van der Waals surface area (Å²) in [4.78, 5) is 4.00. The molecule has 2 aromatic rings. The Hall–Kier alpha value is -1.39. The molecule has 100 valence electrons. The number of hydrogen-bond acceptors (Lipinski definition) is 3. The normalized spacial score (nSPS) is 10.4. The predicted molar refractivity (Wildman–Crippen MR) is 80.1 cm³/mol. The van der Waals surface area contributed by atoms with Crippen LogP contribution >= 0.6 is 15.9 Å². The monoisotopic (exact) mass is 320 g/mol. The smallest absolute Gasteiger partial charge is 0.124 e. The van der Waals surface area contributed by atoms with E-state index in [1.807, 2.05) is 42.7 Å². The van der Waals surface area contributed by atoms with E-state index in [1.54, 1.807) is 0 Å². The second-order valence-corrected chi connectivity index (χ2v) is 5.08. The number of nitrogens with two attached hydrogens (primary N) is 1. The third kappa shape index (κ3) is 4.04. The van der Waals surface area contributed by atoms with E-state index in [4.69, 9.17) is 10.5 Å². The van der Waals surface area contributed by atoms with Crippen molar-refractivity contribution in [3.05, 3.63) is 58.3 Å². The standard InChI is InChI=1S/C15H17BrN2O/c16-14-4-1-5-15(13(14)11-17)19-10-2-3-12-6-8-18-9-7-12/h1,4-9H,2-3,10-11,17H2. The number of pyridine rings is 1. The van der Waals surface area contributed by atoms with Crippen LogP contribution in [0, 0.1) is 0 Å². The first-order valence-corrected chi connectivity index (χ1v) is 7.09. The summed E-state index contributed by atoms with van der Waals surface area (Å²) in [5.41, 5.74) is 8.03. The summed E-state index contributed by atoms with van der Waals surface area (Å²) < 4.78 is 6.81. The molecule has 4 heteroatoms. The number of benzene rings is 1. The molecule has 19 heavy (non-hydrogen) atoms. The Balaban J connectivity index is 1.85. The van der Waals surface area contributed by atoms with Gasteiger partial charge in [0.25, 0.3) is 0 Å². The van der Waals surface area contributed by atoms with E-state index >= 15 is 0 Å². The van der Waals surface area contributed by atoms with Gasteiger partial charge in [0.05, 0.1) is 6.61 Å². The van der Waals surface area contributed by atoms with Gasteiger partial charge in [-0.15, -0.1) is 0 Å². The van der Waals surface area contributed by atoms with Gasteiger partial charge in [0.15, 0.2) is 0 Å². The molecule has 0 atom stereocenters. The van der Waals surface area contributed by atoms with Crippen molar-refractivity contribution in [1.82, 2.24) is 4.98 Å². The molecule has 1 heterocycles. The number of hydrogen-bond donors (Lipinski definition) is 1. The van der Waals surface area contributed by atoms with Gasteiger partial charge in [-0.2, -0.15) is 0 Å². The highest BCUT2D eigenvalue weighted by molar-refractivity contribution is 9.10. The van der Waals surface area contributed by atoms with Gasteiger partial charge in [-0.05, 0) is 42.7 Å². The van der Waals surface area contributed by atoms with Gasteiger partial charge in [-0.25, -0.2) is 0 Å². The lowest BCUT2D eigenvalue weighted by atomic mass is 10.1. The summed E-state index contributed by atoms with van der Waals surface area (Å²) in [6.07, 6.45) is 5.60. The molecule has 2 N–H and O–H groups in total. The molecule has 0 aliphatic heterocycles. The fourth-order valence-electron chi connectivity index (χ4n) is 1.88. The second kappa shape index (κ2) is 7.26. The van der Waals surface area contributed by atoms with Crippen molar-refractivity contribution in [3.8, 4) is 5.75 Å². The minimum absolute atomic E-state index is 0.473. The predicted octanol–water partition coefficient (Wildman–Crippen LogP) is 3.31. The molecule has 2 rings (SSSR count). The van der Waals surface area contributed by atoms with Crippen LogP contribution < -0.4 is 10.5 Å². The zero-order valence-corrected chi connectivity index (χ0v) is 12.3. The van der Waals surface area contributed by atoms with Crippen molar-refractivity contribution < 1.29 is 4.74 Å². The van der Waals surface area contributed by atoms with Gasteiger partial charge < -0.3 is 10.5 Å². The van der Waals surface area contributed by atoms with Crippen molar-refractivity contribution in [1.29, 1.82) is 0 Å². The molecule has 0 amide bonds. The van der Waals surface area contributed by atoms with Crippen LogP contribution in [0.4, 0.5) is 0 Å².